The van der Waals surface area contributed by atoms with Gasteiger partial charge in [-0.25, -0.2) is 4.79 Å². The van der Waals surface area contributed by atoms with E-state index in [1.807, 2.05) is 0 Å². The van der Waals surface area contributed by atoms with E-state index in [0.717, 1.165) is 21.6 Å². The van der Waals surface area contributed by atoms with Crippen LogP contribution in [-0.4, -0.2) is 42.2 Å². The zero-order valence-corrected chi connectivity index (χ0v) is 20.7. The fourth-order valence-electron chi connectivity index (χ4n) is 3.75. The average molecular weight is 520 g/mol. The number of anilines is 1. The van der Waals surface area contributed by atoms with Crippen LogP contribution < -0.4 is 25.1 Å². The number of thiophene rings is 1. The number of hydrogen-bond acceptors (Lipinski definition) is 9. The second kappa shape index (κ2) is 10.2. The van der Waals surface area contributed by atoms with Crippen LogP contribution in [0.2, 0.25) is 0 Å². The molecule has 37 heavy (non-hydrogen) atoms. The summed E-state index contributed by atoms with van der Waals surface area (Å²) in [6.07, 6.45) is 2.96. The molecule has 0 spiro atoms. The largest absolute Gasteiger partial charge is 0.497 e. The molecular formula is C26H21N3O7S. The lowest BCUT2D eigenvalue weighted by molar-refractivity contribution is -0.111. The number of fused-ring (bicyclic) bond motifs is 2. The molecule has 0 aliphatic carbocycles. The number of carbonyl (C=O) groups excluding carboxylic acids is 2. The zero-order valence-electron chi connectivity index (χ0n) is 19.8. The molecule has 1 aliphatic rings. The number of nitrogens with zero attached hydrogens (tertiary/aromatic N) is 2. The second-order valence-electron chi connectivity index (χ2n) is 7.78. The van der Waals surface area contributed by atoms with Gasteiger partial charge in [-0.1, -0.05) is 12.1 Å². The van der Waals surface area contributed by atoms with Crippen LogP contribution in [0.1, 0.15) is 23.0 Å². The van der Waals surface area contributed by atoms with Crippen LogP contribution in [-0.2, 0) is 9.53 Å². The summed E-state index contributed by atoms with van der Waals surface area (Å²) in [5, 5.41) is 9.37. The molecule has 188 valence electrons. The predicted octanol–water partition coefficient (Wildman–Crippen LogP) is 4.01. The molecule has 0 saturated carbocycles. The molecule has 4 aromatic rings. The zero-order chi connectivity index (χ0) is 25.9. The maximum atomic E-state index is 13.5. The molecule has 1 N–H and O–H groups in total. The SMILES string of the molecule is CCOC(=O)c1nn(-c2cccc(OC)c2)c(=O)c2c(NC(=O)/C=C/c3ccc4c(c3)OCO4)scc12. The highest BCUT2D eigenvalue weighted by Gasteiger charge is 2.23. The van der Waals surface area contributed by atoms with Crippen molar-refractivity contribution in [2.45, 2.75) is 6.92 Å². The van der Waals surface area contributed by atoms with Crippen molar-refractivity contribution >= 4 is 45.1 Å². The van der Waals surface area contributed by atoms with Gasteiger partial charge in [0.05, 0.1) is 24.8 Å². The quantitative estimate of drug-likeness (QED) is 0.287. The Kier molecular flexibility index (Phi) is 6.60. The van der Waals surface area contributed by atoms with E-state index >= 15 is 0 Å². The lowest BCUT2D eigenvalue weighted by atomic mass is 10.2. The minimum atomic E-state index is -0.678. The van der Waals surface area contributed by atoms with Gasteiger partial charge in [0, 0.05) is 22.9 Å². The molecule has 0 atom stereocenters. The summed E-state index contributed by atoms with van der Waals surface area (Å²) in [4.78, 5) is 39.0. The molecule has 1 amide bonds. The monoisotopic (exact) mass is 519 g/mol. The summed E-state index contributed by atoms with van der Waals surface area (Å²) in [6.45, 7) is 1.97. The molecule has 5 rings (SSSR count). The summed E-state index contributed by atoms with van der Waals surface area (Å²) in [5.74, 6) is 0.621. The molecule has 11 heteroatoms. The van der Waals surface area contributed by atoms with Crippen LogP contribution in [0.15, 0.2) is 58.7 Å². The van der Waals surface area contributed by atoms with E-state index in [-0.39, 0.29) is 29.5 Å². The third kappa shape index (κ3) is 4.76. The van der Waals surface area contributed by atoms with Gasteiger partial charge in [0.25, 0.3) is 5.56 Å². The predicted molar refractivity (Wildman–Crippen MR) is 138 cm³/mol. The minimum Gasteiger partial charge on any atom is -0.497 e. The second-order valence-corrected chi connectivity index (χ2v) is 8.66. The van der Waals surface area contributed by atoms with Gasteiger partial charge in [-0.2, -0.15) is 9.78 Å². The van der Waals surface area contributed by atoms with Crippen LogP contribution in [0.4, 0.5) is 5.00 Å². The van der Waals surface area contributed by atoms with Crippen molar-refractivity contribution in [2.24, 2.45) is 0 Å². The Morgan fingerprint density at radius 1 is 1.19 bits per heavy atom. The third-order valence-electron chi connectivity index (χ3n) is 5.48. The van der Waals surface area contributed by atoms with Gasteiger partial charge >= 0.3 is 5.97 Å². The number of hydrogen-bond donors (Lipinski definition) is 1. The first-order chi connectivity index (χ1) is 18.0. The Hall–Kier alpha value is -4.64. The summed E-state index contributed by atoms with van der Waals surface area (Å²) in [5.41, 5.74) is 0.590. The Labute approximate surface area is 214 Å². The molecule has 0 saturated heterocycles. The van der Waals surface area contributed by atoms with Crippen molar-refractivity contribution in [3.63, 3.8) is 0 Å². The van der Waals surface area contributed by atoms with E-state index in [1.54, 1.807) is 60.8 Å². The minimum absolute atomic E-state index is 0.0353. The lowest BCUT2D eigenvalue weighted by Gasteiger charge is -2.10. The number of amides is 1. The highest BCUT2D eigenvalue weighted by atomic mass is 32.1. The summed E-state index contributed by atoms with van der Waals surface area (Å²) in [6, 6.07) is 12.0. The smallest absolute Gasteiger partial charge is 0.359 e. The van der Waals surface area contributed by atoms with Crippen molar-refractivity contribution in [1.29, 1.82) is 0 Å². The highest BCUT2D eigenvalue weighted by molar-refractivity contribution is 7.16. The van der Waals surface area contributed by atoms with Crippen molar-refractivity contribution in [3.05, 3.63) is 75.5 Å². The number of ether oxygens (including phenoxy) is 4. The first kappa shape index (κ1) is 24.1. The first-order valence-electron chi connectivity index (χ1n) is 11.2. The number of carbonyl (C=O) groups is 2. The Bertz CT molecular complexity index is 1610. The number of esters is 1. The maximum Gasteiger partial charge on any atom is 0.359 e. The highest BCUT2D eigenvalue weighted by Crippen LogP contribution is 2.33. The van der Waals surface area contributed by atoms with Gasteiger partial charge in [-0.05, 0) is 42.8 Å². The van der Waals surface area contributed by atoms with Crippen LogP contribution in [0.5, 0.6) is 17.2 Å². The van der Waals surface area contributed by atoms with Gasteiger partial charge in [0.15, 0.2) is 17.2 Å². The van der Waals surface area contributed by atoms with E-state index < -0.39 is 17.4 Å². The molecule has 10 nitrogen and oxygen atoms in total. The Morgan fingerprint density at radius 3 is 2.84 bits per heavy atom. The Balaban J connectivity index is 1.52. The number of rotatable bonds is 7. The maximum absolute atomic E-state index is 13.5. The standard InChI is InChI=1S/C26H21N3O7S/c1-3-34-26(32)23-18-13-37-24(22(18)25(31)29(28-23)16-5-4-6-17(12-16)33-2)27-21(30)10-8-15-7-9-19-20(11-15)36-14-35-19/h4-13H,3,14H2,1-2H3,(H,27,30)/b10-8+. The van der Waals surface area contributed by atoms with Crippen molar-refractivity contribution in [1.82, 2.24) is 9.78 Å². The summed E-state index contributed by atoms with van der Waals surface area (Å²) < 4.78 is 22.2. The fraction of sp³-hybridized carbons (Fsp3) is 0.154. The fourth-order valence-corrected chi connectivity index (χ4v) is 4.69. The van der Waals surface area contributed by atoms with Gasteiger partial charge < -0.3 is 24.3 Å². The average Bonchev–Trinajstić information content (AvgIpc) is 3.55. The van der Waals surface area contributed by atoms with Gasteiger partial charge in [-0.3, -0.25) is 9.59 Å². The molecular weight excluding hydrogens is 498 g/mol. The number of nitrogens with one attached hydrogen (secondary N) is 1. The van der Waals surface area contributed by atoms with E-state index in [2.05, 4.69) is 10.4 Å². The topological polar surface area (TPSA) is 118 Å². The first-order valence-corrected chi connectivity index (χ1v) is 12.1. The van der Waals surface area contributed by atoms with E-state index in [9.17, 15) is 14.4 Å². The molecule has 0 fully saturated rings. The van der Waals surface area contributed by atoms with Gasteiger partial charge in [0.1, 0.15) is 10.8 Å². The van der Waals surface area contributed by atoms with Crippen LogP contribution >= 0.6 is 11.3 Å². The third-order valence-corrected chi connectivity index (χ3v) is 6.38. The number of methoxy groups -OCH3 is 1. The lowest BCUT2D eigenvalue weighted by Crippen LogP contribution is -2.25. The molecule has 1 aliphatic heterocycles. The molecule has 2 aromatic heterocycles. The molecule has 3 heterocycles. The van der Waals surface area contributed by atoms with Crippen molar-refractivity contribution < 1.29 is 28.5 Å². The van der Waals surface area contributed by atoms with E-state index in [0.29, 0.717) is 28.3 Å². The molecule has 0 radical (unpaired) electrons. The molecule has 0 bridgehead atoms. The molecule has 2 aromatic carbocycles. The van der Waals surface area contributed by atoms with Crippen LogP contribution in [0.25, 0.3) is 22.5 Å². The summed E-state index contributed by atoms with van der Waals surface area (Å²) >= 11 is 1.12. The normalized spacial score (nSPS) is 12.2. The van der Waals surface area contributed by atoms with Gasteiger partial charge in [-0.15, -0.1) is 11.3 Å². The van der Waals surface area contributed by atoms with Gasteiger partial charge in [0.2, 0.25) is 12.7 Å². The van der Waals surface area contributed by atoms with Crippen LogP contribution in [0.3, 0.4) is 0 Å². The summed E-state index contributed by atoms with van der Waals surface area (Å²) in [7, 11) is 1.51. The van der Waals surface area contributed by atoms with Crippen molar-refractivity contribution in [3.8, 4) is 22.9 Å². The Morgan fingerprint density at radius 2 is 2.03 bits per heavy atom. The number of aromatic nitrogens is 2. The van der Waals surface area contributed by atoms with E-state index in [4.69, 9.17) is 18.9 Å². The number of benzene rings is 2. The van der Waals surface area contributed by atoms with Crippen LogP contribution in [0, 0.1) is 0 Å². The molecule has 0 unspecified atom stereocenters. The van der Waals surface area contributed by atoms with Crippen molar-refractivity contribution in [2.75, 3.05) is 25.8 Å². The van der Waals surface area contributed by atoms with E-state index in [1.165, 1.54) is 13.2 Å².